The van der Waals surface area contributed by atoms with Gasteiger partial charge in [-0.05, 0) is 30.7 Å². The molecule has 1 aromatic carbocycles. The molecule has 0 saturated heterocycles. The second-order valence-corrected chi connectivity index (χ2v) is 8.09. The molecule has 0 aliphatic heterocycles. The Hall–Kier alpha value is -2.82. The lowest BCUT2D eigenvalue weighted by atomic mass is 10.1. The van der Waals surface area contributed by atoms with E-state index in [0.29, 0.717) is 12.1 Å². The van der Waals surface area contributed by atoms with E-state index in [-0.39, 0.29) is 34.4 Å². The van der Waals surface area contributed by atoms with Crippen molar-refractivity contribution in [3.05, 3.63) is 77.1 Å². The number of hydrogen-bond donors (Lipinski definition) is 1. The number of nitrogens with zero attached hydrogens (tertiary/aromatic N) is 4. The zero-order chi connectivity index (χ0) is 20.9. The highest BCUT2D eigenvalue weighted by molar-refractivity contribution is 7.89. The van der Waals surface area contributed by atoms with Crippen molar-refractivity contribution in [2.24, 2.45) is 0 Å². The van der Waals surface area contributed by atoms with E-state index in [4.69, 9.17) is 11.6 Å². The van der Waals surface area contributed by atoms with Crippen molar-refractivity contribution >= 4 is 27.4 Å². The van der Waals surface area contributed by atoms with E-state index in [2.05, 4.69) is 24.7 Å². The van der Waals surface area contributed by atoms with Gasteiger partial charge in [0.25, 0.3) is 0 Å². The molecule has 29 heavy (non-hydrogen) atoms. The zero-order valence-electron chi connectivity index (χ0n) is 14.9. The minimum absolute atomic E-state index is 0.153. The Balaban J connectivity index is 1.58. The van der Waals surface area contributed by atoms with Gasteiger partial charge < -0.3 is 0 Å². The molecule has 1 N–H and O–H groups in total. The van der Waals surface area contributed by atoms with Gasteiger partial charge in [0.2, 0.25) is 10.0 Å². The summed E-state index contributed by atoms with van der Waals surface area (Å²) in [5, 5.41) is -0.294. The van der Waals surface area contributed by atoms with Gasteiger partial charge >= 0.3 is 0 Å². The van der Waals surface area contributed by atoms with Crippen LogP contribution in [0.4, 0.5) is 4.39 Å². The van der Waals surface area contributed by atoms with Gasteiger partial charge in [-0.25, -0.2) is 32.5 Å². The number of hydrogen-bond acceptors (Lipinski definition) is 7. The lowest BCUT2D eigenvalue weighted by Crippen LogP contribution is -2.24. The van der Waals surface area contributed by atoms with Crippen LogP contribution in [0.1, 0.15) is 28.3 Å². The van der Waals surface area contributed by atoms with Crippen LogP contribution in [-0.2, 0) is 23.0 Å². The predicted molar refractivity (Wildman–Crippen MR) is 102 cm³/mol. The average molecular weight is 436 g/mol. The molecular formula is C18H15ClFN5O3S. The largest absolute Gasteiger partial charge is 0.292 e. The number of aryl methyl sites for hydroxylation is 1. The quantitative estimate of drug-likeness (QED) is 0.540. The first kappa shape index (κ1) is 20.9. The Bertz CT molecular complexity index is 1110. The Morgan fingerprint density at radius 2 is 1.93 bits per heavy atom. The maximum absolute atomic E-state index is 13.2. The highest BCUT2D eigenvalue weighted by atomic mass is 35.5. The van der Waals surface area contributed by atoms with Crippen molar-refractivity contribution in [1.29, 1.82) is 0 Å². The molecule has 150 valence electrons. The maximum Gasteiger partial charge on any atom is 0.240 e. The average Bonchev–Trinajstić information content (AvgIpc) is 2.73. The van der Waals surface area contributed by atoms with Crippen LogP contribution in [0, 0.1) is 5.82 Å². The third-order valence-electron chi connectivity index (χ3n) is 3.89. The fraction of sp³-hybridized carbons (Fsp3) is 0.167. The summed E-state index contributed by atoms with van der Waals surface area (Å²) in [5.41, 5.74) is 1.23. The van der Waals surface area contributed by atoms with Gasteiger partial charge in [0.15, 0.2) is 5.78 Å². The third kappa shape index (κ3) is 5.59. The fourth-order valence-electron chi connectivity index (χ4n) is 2.32. The van der Waals surface area contributed by atoms with Gasteiger partial charge in [-0.2, -0.15) is 0 Å². The standard InChI is InChI=1S/C18H15ClFN5O3S/c19-15-7-14(2-3-16(15)20)29(27,28)25-9-13-8-23-17(10-22-13)18(26)4-1-12-5-6-21-11-24-12/h2-3,5-8,10-11,25H,1,4,9H2. The first-order valence-corrected chi connectivity index (χ1v) is 10.2. The summed E-state index contributed by atoms with van der Waals surface area (Å²) in [6, 6.07) is 4.82. The molecule has 0 radical (unpaired) electrons. The topological polar surface area (TPSA) is 115 Å². The maximum atomic E-state index is 13.2. The number of rotatable bonds is 8. The number of benzene rings is 1. The van der Waals surface area contributed by atoms with E-state index in [9.17, 15) is 17.6 Å². The molecule has 0 aliphatic carbocycles. The molecule has 0 fully saturated rings. The molecular weight excluding hydrogens is 421 g/mol. The molecule has 0 amide bonds. The van der Waals surface area contributed by atoms with Crippen molar-refractivity contribution in [3.63, 3.8) is 0 Å². The Morgan fingerprint density at radius 1 is 1.10 bits per heavy atom. The van der Waals surface area contributed by atoms with Gasteiger partial charge in [0.05, 0.1) is 34.6 Å². The van der Waals surface area contributed by atoms with Crippen molar-refractivity contribution in [1.82, 2.24) is 24.7 Å². The summed E-state index contributed by atoms with van der Waals surface area (Å²) in [7, 11) is -3.91. The van der Waals surface area contributed by atoms with Crippen molar-refractivity contribution in [3.8, 4) is 0 Å². The van der Waals surface area contributed by atoms with Crippen molar-refractivity contribution in [2.45, 2.75) is 24.3 Å². The van der Waals surface area contributed by atoms with Crippen LogP contribution in [0.2, 0.25) is 5.02 Å². The number of halogens is 2. The van der Waals surface area contributed by atoms with Crippen LogP contribution >= 0.6 is 11.6 Å². The van der Waals surface area contributed by atoms with Crippen LogP contribution < -0.4 is 4.72 Å². The SMILES string of the molecule is O=C(CCc1ccncn1)c1cnc(CNS(=O)(=O)c2ccc(F)c(Cl)c2)cn1. The first-order chi connectivity index (χ1) is 13.8. The predicted octanol–water partition coefficient (Wildman–Crippen LogP) is 2.35. The number of aromatic nitrogens is 4. The normalized spacial score (nSPS) is 11.4. The van der Waals surface area contributed by atoms with E-state index < -0.39 is 15.8 Å². The van der Waals surface area contributed by atoms with Crippen molar-refractivity contribution in [2.75, 3.05) is 0 Å². The van der Waals surface area contributed by atoms with Crippen LogP contribution in [0.3, 0.4) is 0 Å². The second-order valence-electron chi connectivity index (χ2n) is 5.92. The van der Waals surface area contributed by atoms with Gasteiger partial charge in [-0.1, -0.05) is 11.6 Å². The van der Waals surface area contributed by atoms with Gasteiger partial charge in [0, 0.05) is 18.3 Å². The summed E-state index contributed by atoms with van der Waals surface area (Å²) in [5.74, 6) is -0.916. The van der Waals surface area contributed by atoms with Crippen LogP contribution in [0.15, 0.2) is 54.1 Å². The summed E-state index contributed by atoms with van der Waals surface area (Å²) in [4.78, 5) is 28.0. The molecule has 11 heteroatoms. The van der Waals surface area contributed by atoms with Crippen LogP contribution in [0.5, 0.6) is 0 Å². The number of nitrogens with one attached hydrogen (secondary N) is 1. The Labute approximate surface area is 171 Å². The van der Waals surface area contributed by atoms with E-state index in [0.717, 1.165) is 23.9 Å². The highest BCUT2D eigenvalue weighted by Gasteiger charge is 2.16. The number of sulfonamides is 1. The third-order valence-corrected chi connectivity index (χ3v) is 5.58. The molecule has 0 spiro atoms. The van der Waals surface area contributed by atoms with E-state index >= 15 is 0 Å². The summed E-state index contributed by atoms with van der Waals surface area (Å²) in [6.07, 6.45) is 6.28. The molecule has 0 aliphatic rings. The molecule has 0 unspecified atom stereocenters. The minimum atomic E-state index is -3.91. The van der Waals surface area contributed by atoms with Crippen LogP contribution in [0.25, 0.3) is 0 Å². The number of carbonyl (C=O) groups excluding carboxylic acids is 1. The smallest absolute Gasteiger partial charge is 0.240 e. The van der Waals surface area contributed by atoms with E-state index in [1.165, 1.54) is 18.7 Å². The number of ketones is 1. The van der Waals surface area contributed by atoms with Gasteiger partial charge in [0.1, 0.15) is 17.8 Å². The summed E-state index contributed by atoms with van der Waals surface area (Å²) in [6.45, 7) is -0.153. The van der Waals surface area contributed by atoms with Crippen LogP contribution in [-0.4, -0.2) is 34.1 Å². The van der Waals surface area contributed by atoms with Gasteiger partial charge in [-0.15, -0.1) is 0 Å². The lowest BCUT2D eigenvalue weighted by molar-refractivity contribution is 0.0977. The monoisotopic (exact) mass is 435 g/mol. The molecule has 2 aromatic heterocycles. The zero-order valence-corrected chi connectivity index (χ0v) is 16.5. The molecule has 2 heterocycles. The molecule has 3 aromatic rings. The fourth-order valence-corrected chi connectivity index (χ4v) is 3.59. The van der Waals surface area contributed by atoms with E-state index in [1.54, 1.807) is 12.3 Å². The minimum Gasteiger partial charge on any atom is -0.292 e. The first-order valence-electron chi connectivity index (χ1n) is 8.39. The summed E-state index contributed by atoms with van der Waals surface area (Å²) >= 11 is 5.62. The van der Waals surface area contributed by atoms with Gasteiger partial charge in [-0.3, -0.25) is 9.78 Å². The Kier molecular flexibility index (Phi) is 6.57. The molecule has 0 atom stereocenters. The lowest BCUT2D eigenvalue weighted by Gasteiger charge is -2.07. The molecule has 3 rings (SSSR count). The Morgan fingerprint density at radius 3 is 2.59 bits per heavy atom. The molecule has 0 saturated carbocycles. The van der Waals surface area contributed by atoms with Crippen molar-refractivity contribution < 1.29 is 17.6 Å². The van der Waals surface area contributed by atoms with E-state index in [1.807, 2.05) is 0 Å². The number of carbonyl (C=O) groups is 1. The number of Topliss-reactive ketones (excluding diaryl/α,β-unsaturated/α-hetero) is 1. The second kappa shape index (κ2) is 9.12. The molecule has 8 nitrogen and oxygen atoms in total. The summed E-state index contributed by atoms with van der Waals surface area (Å²) < 4.78 is 40.0. The molecule has 0 bridgehead atoms. The highest BCUT2D eigenvalue weighted by Crippen LogP contribution is 2.19.